The molecule has 3 rings (SSSR count). The van der Waals surface area contributed by atoms with Gasteiger partial charge in [0.15, 0.2) is 0 Å². The predicted molar refractivity (Wildman–Crippen MR) is 113 cm³/mol. The zero-order valence-corrected chi connectivity index (χ0v) is 17.6. The van der Waals surface area contributed by atoms with Crippen LogP contribution in [0.15, 0.2) is 46.9 Å². The number of nitrogens with zero attached hydrogens (tertiary/aromatic N) is 2. The van der Waals surface area contributed by atoms with Crippen LogP contribution in [0, 0.1) is 13.8 Å². The van der Waals surface area contributed by atoms with Crippen LogP contribution in [0.5, 0.6) is 0 Å². The molecule has 1 heterocycles. The van der Waals surface area contributed by atoms with Gasteiger partial charge in [0, 0.05) is 42.9 Å². The van der Waals surface area contributed by atoms with Crippen molar-refractivity contribution in [3.63, 3.8) is 0 Å². The SMILES string of the molecule is Cc1cccc(N2CCN(C(=O)NCc3ccc(Br)cc3)CC2)c1C.Cl. The maximum Gasteiger partial charge on any atom is 0.317 e. The highest BCUT2D eigenvalue weighted by Gasteiger charge is 2.22. The summed E-state index contributed by atoms with van der Waals surface area (Å²) in [6.07, 6.45) is 0. The molecule has 26 heavy (non-hydrogen) atoms. The Morgan fingerprint density at radius 1 is 1.04 bits per heavy atom. The van der Waals surface area contributed by atoms with Crippen LogP contribution in [0.2, 0.25) is 0 Å². The van der Waals surface area contributed by atoms with E-state index in [1.807, 2.05) is 29.2 Å². The van der Waals surface area contributed by atoms with Gasteiger partial charge in [0.1, 0.15) is 0 Å². The van der Waals surface area contributed by atoms with E-state index in [-0.39, 0.29) is 18.4 Å². The predicted octanol–water partition coefficient (Wildman–Crippen LogP) is 4.52. The Hall–Kier alpha value is -1.72. The van der Waals surface area contributed by atoms with Gasteiger partial charge in [0.2, 0.25) is 0 Å². The highest BCUT2D eigenvalue weighted by atomic mass is 79.9. The summed E-state index contributed by atoms with van der Waals surface area (Å²) < 4.78 is 1.05. The van der Waals surface area contributed by atoms with E-state index in [4.69, 9.17) is 0 Å². The van der Waals surface area contributed by atoms with E-state index in [2.05, 4.69) is 58.2 Å². The van der Waals surface area contributed by atoms with Gasteiger partial charge in [-0.05, 0) is 48.7 Å². The van der Waals surface area contributed by atoms with E-state index in [1.54, 1.807) is 0 Å². The number of aryl methyl sites for hydroxylation is 1. The zero-order chi connectivity index (χ0) is 17.8. The minimum atomic E-state index is 0. The van der Waals surface area contributed by atoms with Crippen LogP contribution in [0.25, 0.3) is 0 Å². The lowest BCUT2D eigenvalue weighted by atomic mass is 10.1. The Balaban J connectivity index is 0.00000243. The number of benzene rings is 2. The normalized spacial score (nSPS) is 14.0. The number of carbonyl (C=O) groups is 1. The van der Waals surface area contributed by atoms with E-state index in [1.165, 1.54) is 16.8 Å². The lowest BCUT2D eigenvalue weighted by Crippen LogP contribution is -2.51. The summed E-state index contributed by atoms with van der Waals surface area (Å²) in [5, 5.41) is 3.02. The number of hydrogen-bond acceptors (Lipinski definition) is 2. The van der Waals surface area contributed by atoms with Crippen molar-refractivity contribution < 1.29 is 4.79 Å². The summed E-state index contributed by atoms with van der Waals surface area (Å²) in [7, 11) is 0. The van der Waals surface area contributed by atoms with Crippen molar-refractivity contribution in [2.24, 2.45) is 0 Å². The fourth-order valence-electron chi connectivity index (χ4n) is 3.12. The third-order valence-corrected chi connectivity index (χ3v) is 5.37. The van der Waals surface area contributed by atoms with Crippen LogP contribution in [0.3, 0.4) is 0 Å². The molecule has 4 nitrogen and oxygen atoms in total. The van der Waals surface area contributed by atoms with Gasteiger partial charge in [-0.15, -0.1) is 12.4 Å². The highest BCUT2D eigenvalue weighted by Crippen LogP contribution is 2.23. The van der Waals surface area contributed by atoms with E-state index in [9.17, 15) is 4.79 Å². The molecular weight excluding hydrogens is 414 g/mol. The van der Waals surface area contributed by atoms with Crippen molar-refractivity contribution >= 4 is 40.1 Å². The second-order valence-electron chi connectivity index (χ2n) is 6.48. The van der Waals surface area contributed by atoms with Crippen LogP contribution >= 0.6 is 28.3 Å². The Morgan fingerprint density at radius 3 is 2.35 bits per heavy atom. The van der Waals surface area contributed by atoms with Crippen LogP contribution in [0.4, 0.5) is 10.5 Å². The molecule has 0 bridgehead atoms. The minimum absolute atomic E-state index is 0. The minimum Gasteiger partial charge on any atom is -0.368 e. The lowest BCUT2D eigenvalue weighted by molar-refractivity contribution is 0.194. The number of nitrogens with one attached hydrogen (secondary N) is 1. The van der Waals surface area contributed by atoms with Gasteiger partial charge in [-0.2, -0.15) is 0 Å². The second-order valence-corrected chi connectivity index (χ2v) is 7.39. The van der Waals surface area contributed by atoms with Crippen molar-refractivity contribution in [1.82, 2.24) is 10.2 Å². The number of rotatable bonds is 3. The fourth-order valence-corrected chi connectivity index (χ4v) is 3.38. The van der Waals surface area contributed by atoms with Crippen molar-refractivity contribution in [3.8, 4) is 0 Å². The first-order valence-corrected chi connectivity index (χ1v) is 9.42. The first kappa shape index (κ1) is 20.6. The maximum absolute atomic E-state index is 12.4. The molecule has 6 heteroatoms. The first-order valence-electron chi connectivity index (χ1n) is 8.63. The number of amides is 2. The average molecular weight is 439 g/mol. The number of piperazine rings is 1. The number of urea groups is 1. The summed E-state index contributed by atoms with van der Waals surface area (Å²) in [5.74, 6) is 0. The molecule has 1 fully saturated rings. The highest BCUT2D eigenvalue weighted by molar-refractivity contribution is 9.10. The largest absolute Gasteiger partial charge is 0.368 e. The smallest absolute Gasteiger partial charge is 0.317 e. The molecule has 1 saturated heterocycles. The molecule has 1 N–H and O–H groups in total. The Labute approximate surface area is 170 Å². The molecular formula is C20H25BrClN3O. The molecule has 0 aliphatic carbocycles. The summed E-state index contributed by atoms with van der Waals surface area (Å²) in [6.45, 7) is 8.11. The molecule has 140 valence electrons. The van der Waals surface area contributed by atoms with Gasteiger partial charge in [0.25, 0.3) is 0 Å². The van der Waals surface area contributed by atoms with Crippen molar-refractivity contribution in [2.75, 3.05) is 31.1 Å². The van der Waals surface area contributed by atoms with Crippen LogP contribution in [-0.2, 0) is 6.54 Å². The Bertz CT molecular complexity index is 743. The number of hydrogen-bond donors (Lipinski definition) is 1. The zero-order valence-electron chi connectivity index (χ0n) is 15.2. The fraction of sp³-hybridized carbons (Fsp3) is 0.350. The van der Waals surface area contributed by atoms with Crippen LogP contribution in [-0.4, -0.2) is 37.1 Å². The molecule has 2 aromatic carbocycles. The van der Waals surface area contributed by atoms with Gasteiger partial charge in [-0.25, -0.2) is 4.79 Å². The average Bonchev–Trinajstić information content (AvgIpc) is 2.63. The number of halogens is 2. The Morgan fingerprint density at radius 2 is 1.69 bits per heavy atom. The molecule has 0 radical (unpaired) electrons. The molecule has 0 atom stereocenters. The van der Waals surface area contributed by atoms with Gasteiger partial charge in [-0.1, -0.05) is 40.2 Å². The van der Waals surface area contributed by atoms with E-state index in [0.29, 0.717) is 6.54 Å². The van der Waals surface area contributed by atoms with Gasteiger partial charge >= 0.3 is 6.03 Å². The number of anilines is 1. The summed E-state index contributed by atoms with van der Waals surface area (Å²) in [6, 6.07) is 14.5. The Kier molecular flexibility index (Phi) is 7.35. The quantitative estimate of drug-likeness (QED) is 0.765. The lowest BCUT2D eigenvalue weighted by Gasteiger charge is -2.37. The van der Waals surface area contributed by atoms with Crippen molar-refractivity contribution in [2.45, 2.75) is 20.4 Å². The monoisotopic (exact) mass is 437 g/mol. The van der Waals surface area contributed by atoms with E-state index in [0.717, 1.165) is 36.2 Å². The van der Waals surface area contributed by atoms with Crippen LogP contribution in [0.1, 0.15) is 16.7 Å². The summed E-state index contributed by atoms with van der Waals surface area (Å²) in [4.78, 5) is 16.7. The van der Waals surface area contributed by atoms with Gasteiger partial charge in [0.05, 0.1) is 0 Å². The second kappa shape index (κ2) is 9.28. The third kappa shape index (κ3) is 4.92. The third-order valence-electron chi connectivity index (χ3n) is 4.84. The van der Waals surface area contributed by atoms with Crippen molar-refractivity contribution in [1.29, 1.82) is 0 Å². The van der Waals surface area contributed by atoms with Crippen LogP contribution < -0.4 is 10.2 Å². The molecule has 1 aliphatic heterocycles. The van der Waals surface area contributed by atoms with E-state index >= 15 is 0 Å². The summed E-state index contributed by atoms with van der Waals surface area (Å²) >= 11 is 3.42. The maximum atomic E-state index is 12.4. The standard InChI is InChI=1S/C20H24BrN3O.ClH/c1-15-4-3-5-19(16(15)2)23-10-12-24(13-11-23)20(25)22-14-17-6-8-18(21)9-7-17;/h3-9H,10-14H2,1-2H3,(H,22,25);1H. The molecule has 1 aliphatic rings. The first-order chi connectivity index (χ1) is 12.0. The topological polar surface area (TPSA) is 35.6 Å². The molecule has 2 amide bonds. The number of carbonyl (C=O) groups excluding carboxylic acids is 1. The van der Waals surface area contributed by atoms with Gasteiger partial charge in [-0.3, -0.25) is 0 Å². The van der Waals surface area contributed by atoms with E-state index < -0.39 is 0 Å². The molecule has 0 aromatic heterocycles. The molecule has 0 saturated carbocycles. The molecule has 0 spiro atoms. The molecule has 2 aromatic rings. The van der Waals surface area contributed by atoms with Gasteiger partial charge < -0.3 is 15.1 Å². The van der Waals surface area contributed by atoms with Crippen molar-refractivity contribution in [3.05, 3.63) is 63.6 Å². The summed E-state index contributed by atoms with van der Waals surface area (Å²) in [5.41, 5.74) is 5.03. The molecule has 0 unspecified atom stereocenters.